The summed E-state index contributed by atoms with van der Waals surface area (Å²) in [6.07, 6.45) is 0. The number of amides is 1. The predicted molar refractivity (Wildman–Crippen MR) is 115 cm³/mol. The second kappa shape index (κ2) is 7.91. The summed E-state index contributed by atoms with van der Waals surface area (Å²) in [6, 6.07) is 19.6. The normalized spacial score (nSPS) is 10.8. The average molecular weight is 400 g/mol. The topological polar surface area (TPSA) is 59.8 Å². The Morgan fingerprint density at radius 2 is 1.70 bits per heavy atom. The van der Waals surface area contributed by atoms with Crippen molar-refractivity contribution in [3.8, 4) is 17.1 Å². The van der Waals surface area contributed by atoms with Gasteiger partial charge < -0.3 is 5.32 Å². The zero-order chi connectivity index (χ0) is 21.3. The van der Waals surface area contributed by atoms with Crippen LogP contribution in [0.5, 0.6) is 0 Å². The molecule has 1 N–H and O–H groups in total. The highest BCUT2D eigenvalue weighted by molar-refractivity contribution is 6.01. The molecule has 0 radical (unpaired) electrons. The molecule has 0 aliphatic rings. The van der Waals surface area contributed by atoms with Crippen molar-refractivity contribution < 1.29 is 9.18 Å². The van der Waals surface area contributed by atoms with Gasteiger partial charge in [0.15, 0.2) is 5.82 Å². The molecule has 0 aliphatic heterocycles. The Labute approximate surface area is 174 Å². The lowest BCUT2D eigenvalue weighted by atomic mass is 10.1. The third-order valence-corrected chi connectivity index (χ3v) is 4.94. The molecule has 4 aromatic rings. The van der Waals surface area contributed by atoms with Crippen LogP contribution in [0, 0.1) is 26.6 Å². The third kappa shape index (κ3) is 3.98. The van der Waals surface area contributed by atoms with Crippen LogP contribution < -0.4 is 5.32 Å². The highest BCUT2D eigenvalue weighted by Gasteiger charge is 2.19. The molecule has 0 saturated carbocycles. The summed E-state index contributed by atoms with van der Waals surface area (Å²) >= 11 is 0. The van der Waals surface area contributed by atoms with E-state index in [0.717, 1.165) is 22.4 Å². The van der Waals surface area contributed by atoms with Gasteiger partial charge in [-0.15, -0.1) is 5.10 Å². The zero-order valence-electron chi connectivity index (χ0n) is 17.0. The van der Waals surface area contributed by atoms with E-state index in [1.165, 1.54) is 23.8 Å². The smallest absolute Gasteiger partial charge is 0.295 e. The Kier molecular flexibility index (Phi) is 5.14. The van der Waals surface area contributed by atoms with Crippen molar-refractivity contribution in [2.24, 2.45) is 0 Å². The molecular formula is C24H21FN4O. The van der Waals surface area contributed by atoms with Crippen LogP contribution in [-0.2, 0) is 0 Å². The lowest BCUT2D eigenvalue weighted by Crippen LogP contribution is -2.14. The molecule has 5 nitrogen and oxygen atoms in total. The first-order valence-corrected chi connectivity index (χ1v) is 9.59. The Balaban J connectivity index is 1.77. The van der Waals surface area contributed by atoms with Gasteiger partial charge in [0.25, 0.3) is 5.91 Å². The molecule has 30 heavy (non-hydrogen) atoms. The zero-order valence-corrected chi connectivity index (χ0v) is 17.0. The highest BCUT2D eigenvalue weighted by atomic mass is 19.1. The van der Waals surface area contributed by atoms with E-state index in [2.05, 4.69) is 15.4 Å². The highest BCUT2D eigenvalue weighted by Crippen LogP contribution is 2.23. The third-order valence-electron chi connectivity index (χ3n) is 4.94. The minimum absolute atomic E-state index is 0.00747. The number of hydrogen-bond acceptors (Lipinski definition) is 3. The standard InChI is InChI=1S/C24H21FN4O/c1-15-7-10-18(11-8-15)23-27-22(24(30)26-20-6-4-5-19(25)14-20)28-29(23)21-12-9-16(2)17(3)13-21/h4-14H,1-3H3,(H,26,30). The molecule has 0 aliphatic carbocycles. The number of rotatable bonds is 4. The van der Waals surface area contributed by atoms with Gasteiger partial charge in [0, 0.05) is 11.3 Å². The van der Waals surface area contributed by atoms with Crippen LogP contribution in [0.4, 0.5) is 10.1 Å². The Morgan fingerprint density at radius 3 is 2.40 bits per heavy atom. The average Bonchev–Trinajstić information content (AvgIpc) is 3.16. The second-order valence-electron chi connectivity index (χ2n) is 7.27. The Hall–Kier alpha value is -3.80. The summed E-state index contributed by atoms with van der Waals surface area (Å²) in [7, 11) is 0. The number of nitrogens with zero attached hydrogens (tertiary/aromatic N) is 3. The molecule has 6 heteroatoms. The summed E-state index contributed by atoms with van der Waals surface area (Å²) in [5, 5.41) is 7.12. The monoisotopic (exact) mass is 400 g/mol. The van der Waals surface area contributed by atoms with Gasteiger partial charge in [0.1, 0.15) is 5.82 Å². The number of aryl methyl sites for hydroxylation is 3. The molecule has 150 valence electrons. The van der Waals surface area contributed by atoms with Gasteiger partial charge in [-0.2, -0.15) is 0 Å². The van der Waals surface area contributed by atoms with Gasteiger partial charge in [0.05, 0.1) is 5.69 Å². The number of benzene rings is 3. The van der Waals surface area contributed by atoms with E-state index in [1.807, 2.05) is 63.2 Å². The van der Waals surface area contributed by atoms with Crippen LogP contribution in [0.15, 0.2) is 66.7 Å². The van der Waals surface area contributed by atoms with Gasteiger partial charge in [-0.25, -0.2) is 14.1 Å². The van der Waals surface area contributed by atoms with Crippen molar-refractivity contribution in [3.05, 3.63) is 95.1 Å². The maximum absolute atomic E-state index is 13.4. The van der Waals surface area contributed by atoms with Crippen LogP contribution in [0.25, 0.3) is 17.1 Å². The first-order chi connectivity index (χ1) is 14.4. The molecule has 3 aromatic carbocycles. The number of anilines is 1. The fraction of sp³-hybridized carbons (Fsp3) is 0.125. The summed E-state index contributed by atoms with van der Waals surface area (Å²) in [5.74, 6) is -0.367. The molecule has 1 heterocycles. The van der Waals surface area contributed by atoms with Gasteiger partial charge in [-0.3, -0.25) is 4.79 Å². The van der Waals surface area contributed by atoms with Crippen molar-refractivity contribution in [1.29, 1.82) is 0 Å². The van der Waals surface area contributed by atoms with E-state index in [4.69, 9.17) is 0 Å². The molecule has 0 unspecified atom stereocenters. The molecular weight excluding hydrogens is 379 g/mol. The molecule has 0 spiro atoms. The molecule has 4 rings (SSSR count). The van der Waals surface area contributed by atoms with Crippen LogP contribution in [0.3, 0.4) is 0 Å². The quantitative estimate of drug-likeness (QED) is 0.509. The Bertz CT molecular complexity index is 1230. The number of nitrogens with one attached hydrogen (secondary N) is 1. The van der Waals surface area contributed by atoms with Gasteiger partial charge in [0.2, 0.25) is 5.82 Å². The summed E-state index contributed by atoms with van der Waals surface area (Å²) in [6.45, 7) is 6.08. The first kappa shape index (κ1) is 19.5. The van der Waals surface area contributed by atoms with Crippen LogP contribution in [0.1, 0.15) is 27.3 Å². The lowest BCUT2D eigenvalue weighted by molar-refractivity contribution is 0.101. The van der Waals surface area contributed by atoms with Crippen LogP contribution in [-0.4, -0.2) is 20.7 Å². The number of hydrogen-bond donors (Lipinski definition) is 1. The molecule has 0 bridgehead atoms. The number of carbonyl (C=O) groups is 1. The first-order valence-electron chi connectivity index (χ1n) is 9.59. The van der Waals surface area contributed by atoms with E-state index in [-0.39, 0.29) is 5.82 Å². The second-order valence-corrected chi connectivity index (χ2v) is 7.27. The van der Waals surface area contributed by atoms with Gasteiger partial charge in [-0.1, -0.05) is 42.0 Å². The van der Waals surface area contributed by atoms with Gasteiger partial charge >= 0.3 is 0 Å². The van der Waals surface area contributed by atoms with E-state index >= 15 is 0 Å². The van der Waals surface area contributed by atoms with Crippen molar-refractivity contribution in [2.45, 2.75) is 20.8 Å². The van der Waals surface area contributed by atoms with Crippen molar-refractivity contribution in [3.63, 3.8) is 0 Å². The number of carbonyl (C=O) groups excluding carboxylic acids is 1. The van der Waals surface area contributed by atoms with Crippen molar-refractivity contribution >= 4 is 11.6 Å². The maximum Gasteiger partial charge on any atom is 0.295 e. The fourth-order valence-corrected chi connectivity index (χ4v) is 3.09. The maximum atomic E-state index is 13.4. The number of aromatic nitrogens is 3. The molecule has 1 aromatic heterocycles. The molecule has 1 amide bonds. The number of halogens is 1. The SMILES string of the molecule is Cc1ccc(-c2nc(C(=O)Nc3cccc(F)c3)nn2-c2ccc(C)c(C)c2)cc1. The fourth-order valence-electron chi connectivity index (χ4n) is 3.09. The molecule has 0 saturated heterocycles. The van der Waals surface area contributed by atoms with Crippen LogP contribution >= 0.6 is 0 Å². The van der Waals surface area contributed by atoms with Gasteiger partial charge in [-0.05, 0) is 62.2 Å². The minimum Gasteiger partial charge on any atom is -0.319 e. The lowest BCUT2D eigenvalue weighted by Gasteiger charge is -2.08. The van der Waals surface area contributed by atoms with E-state index in [9.17, 15) is 9.18 Å². The molecule has 0 atom stereocenters. The van der Waals surface area contributed by atoms with E-state index < -0.39 is 11.7 Å². The van der Waals surface area contributed by atoms with Crippen molar-refractivity contribution in [2.75, 3.05) is 5.32 Å². The summed E-state index contributed by atoms with van der Waals surface area (Å²) < 4.78 is 15.1. The summed E-state index contributed by atoms with van der Waals surface area (Å²) in [4.78, 5) is 17.3. The predicted octanol–water partition coefficient (Wildman–Crippen LogP) is 5.25. The van der Waals surface area contributed by atoms with E-state index in [1.54, 1.807) is 10.7 Å². The Morgan fingerprint density at radius 1 is 0.933 bits per heavy atom. The molecule has 0 fully saturated rings. The van der Waals surface area contributed by atoms with Crippen molar-refractivity contribution in [1.82, 2.24) is 14.8 Å². The minimum atomic E-state index is -0.503. The van der Waals surface area contributed by atoms with E-state index in [0.29, 0.717) is 11.5 Å². The largest absolute Gasteiger partial charge is 0.319 e. The van der Waals surface area contributed by atoms with Crippen LogP contribution in [0.2, 0.25) is 0 Å². The summed E-state index contributed by atoms with van der Waals surface area (Å²) in [5.41, 5.74) is 5.41.